The molecule has 0 aliphatic rings. The van der Waals surface area contributed by atoms with Crippen LogP contribution in [0.25, 0.3) is 0 Å². The van der Waals surface area contributed by atoms with Gasteiger partial charge in [-0.05, 0) is 53.4 Å². The molecule has 0 saturated heterocycles. The molecule has 6 heteroatoms. The van der Waals surface area contributed by atoms with Crippen LogP contribution in [0.4, 0.5) is 13.2 Å². The van der Waals surface area contributed by atoms with Gasteiger partial charge in [-0.15, -0.1) is 0 Å². The van der Waals surface area contributed by atoms with Crippen molar-refractivity contribution in [1.29, 1.82) is 0 Å². The molecule has 0 aliphatic heterocycles. The first-order chi connectivity index (χ1) is 9.86. The SMILES string of the molecule is CC(N)Cc1ccc(OCc2ccsc2)c(C(F)(F)F)c1. The van der Waals surface area contributed by atoms with E-state index in [1.807, 2.05) is 16.8 Å². The molecule has 0 aliphatic carbocycles. The predicted octanol–water partition coefficient (Wildman–Crippen LogP) is 4.24. The van der Waals surface area contributed by atoms with Crippen LogP contribution >= 0.6 is 11.3 Å². The molecule has 2 N–H and O–H groups in total. The maximum Gasteiger partial charge on any atom is 0.419 e. The van der Waals surface area contributed by atoms with E-state index in [-0.39, 0.29) is 18.4 Å². The van der Waals surface area contributed by atoms with Crippen LogP contribution in [0.15, 0.2) is 35.0 Å². The Morgan fingerprint density at radius 1 is 1.24 bits per heavy atom. The van der Waals surface area contributed by atoms with Crippen molar-refractivity contribution in [3.05, 3.63) is 51.7 Å². The van der Waals surface area contributed by atoms with Crippen LogP contribution in [0.5, 0.6) is 5.75 Å². The lowest BCUT2D eigenvalue weighted by molar-refractivity contribution is -0.139. The molecular weight excluding hydrogens is 299 g/mol. The largest absolute Gasteiger partial charge is 0.488 e. The average Bonchev–Trinajstić information content (AvgIpc) is 2.88. The van der Waals surface area contributed by atoms with Crippen LogP contribution < -0.4 is 10.5 Å². The molecule has 1 aromatic heterocycles. The van der Waals surface area contributed by atoms with E-state index in [0.29, 0.717) is 12.0 Å². The monoisotopic (exact) mass is 315 g/mol. The van der Waals surface area contributed by atoms with Crippen LogP contribution in [0, 0.1) is 0 Å². The summed E-state index contributed by atoms with van der Waals surface area (Å²) in [6, 6.07) is 5.74. The first kappa shape index (κ1) is 15.9. The zero-order chi connectivity index (χ0) is 15.5. The maximum absolute atomic E-state index is 13.1. The number of thiophene rings is 1. The van der Waals surface area contributed by atoms with Crippen LogP contribution in [0.1, 0.15) is 23.6 Å². The molecular formula is C15H16F3NOS. The van der Waals surface area contributed by atoms with Gasteiger partial charge in [-0.3, -0.25) is 0 Å². The van der Waals surface area contributed by atoms with Gasteiger partial charge in [-0.2, -0.15) is 24.5 Å². The smallest absolute Gasteiger partial charge is 0.419 e. The highest BCUT2D eigenvalue weighted by atomic mass is 32.1. The van der Waals surface area contributed by atoms with Gasteiger partial charge in [-0.25, -0.2) is 0 Å². The molecule has 0 radical (unpaired) electrons. The summed E-state index contributed by atoms with van der Waals surface area (Å²) >= 11 is 1.48. The standard InChI is InChI=1S/C15H16F3NOS/c1-10(19)6-11-2-3-14(13(7-11)15(16,17)18)20-8-12-4-5-21-9-12/h2-5,7,9-10H,6,8,19H2,1H3. The fourth-order valence-corrected chi connectivity index (χ4v) is 2.61. The van der Waals surface area contributed by atoms with E-state index in [2.05, 4.69) is 0 Å². The zero-order valence-corrected chi connectivity index (χ0v) is 12.3. The van der Waals surface area contributed by atoms with Crippen molar-refractivity contribution in [2.45, 2.75) is 32.2 Å². The van der Waals surface area contributed by atoms with Gasteiger partial charge in [0.1, 0.15) is 12.4 Å². The van der Waals surface area contributed by atoms with Crippen molar-refractivity contribution in [3.63, 3.8) is 0 Å². The lowest BCUT2D eigenvalue weighted by Gasteiger charge is -2.16. The lowest BCUT2D eigenvalue weighted by atomic mass is 10.0. The Hall–Kier alpha value is -1.53. The second kappa shape index (κ2) is 6.49. The summed E-state index contributed by atoms with van der Waals surface area (Å²) in [4.78, 5) is 0. The highest BCUT2D eigenvalue weighted by Crippen LogP contribution is 2.37. The molecule has 1 aromatic carbocycles. The van der Waals surface area contributed by atoms with Crippen molar-refractivity contribution >= 4 is 11.3 Å². The Balaban J connectivity index is 2.22. The highest BCUT2D eigenvalue weighted by Gasteiger charge is 2.34. The van der Waals surface area contributed by atoms with Crippen molar-refractivity contribution in [2.75, 3.05) is 0 Å². The molecule has 0 fully saturated rings. The third kappa shape index (κ3) is 4.47. The van der Waals surface area contributed by atoms with Crippen molar-refractivity contribution < 1.29 is 17.9 Å². The molecule has 0 saturated carbocycles. The molecule has 0 spiro atoms. The molecule has 0 bridgehead atoms. The molecule has 1 unspecified atom stereocenters. The second-order valence-corrected chi connectivity index (χ2v) is 5.71. The molecule has 0 amide bonds. The van der Waals surface area contributed by atoms with E-state index in [1.165, 1.54) is 17.4 Å². The molecule has 2 rings (SSSR count). The third-order valence-electron chi connectivity index (χ3n) is 2.88. The Morgan fingerprint density at radius 3 is 2.57 bits per heavy atom. The van der Waals surface area contributed by atoms with E-state index >= 15 is 0 Å². The Labute approximate surface area is 125 Å². The number of halogens is 3. The van der Waals surface area contributed by atoms with E-state index in [4.69, 9.17) is 10.5 Å². The van der Waals surface area contributed by atoms with E-state index in [1.54, 1.807) is 13.0 Å². The number of hydrogen-bond donors (Lipinski definition) is 1. The molecule has 114 valence electrons. The summed E-state index contributed by atoms with van der Waals surface area (Å²) in [5.74, 6) is -0.151. The normalized spacial score (nSPS) is 13.2. The molecule has 2 nitrogen and oxygen atoms in total. The van der Waals surface area contributed by atoms with Gasteiger partial charge in [-0.1, -0.05) is 6.07 Å². The van der Waals surface area contributed by atoms with Crippen molar-refractivity contribution in [2.24, 2.45) is 5.73 Å². The quantitative estimate of drug-likeness (QED) is 0.896. The van der Waals surface area contributed by atoms with Gasteiger partial charge in [0.05, 0.1) is 5.56 Å². The fourth-order valence-electron chi connectivity index (χ4n) is 1.96. The first-order valence-corrected chi connectivity index (χ1v) is 7.40. The van der Waals surface area contributed by atoms with Crippen molar-refractivity contribution in [3.8, 4) is 5.75 Å². The van der Waals surface area contributed by atoms with Crippen molar-refractivity contribution in [1.82, 2.24) is 0 Å². The zero-order valence-electron chi connectivity index (χ0n) is 11.5. The van der Waals surface area contributed by atoms with Crippen LogP contribution in [-0.4, -0.2) is 6.04 Å². The van der Waals surface area contributed by atoms with Gasteiger partial charge < -0.3 is 10.5 Å². The molecule has 21 heavy (non-hydrogen) atoms. The number of nitrogens with two attached hydrogens (primary N) is 1. The minimum absolute atomic E-state index is 0.124. The minimum atomic E-state index is -4.45. The van der Waals surface area contributed by atoms with Gasteiger partial charge in [0.15, 0.2) is 0 Å². The summed E-state index contributed by atoms with van der Waals surface area (Å²) in [6.07, 6.45) is -4.05. The fraction of sp³-hybridized carbons (Fsp3) is 0.333. The van der Waals surface area contributed by atoms with E-state index in [0.717, 1.165) is 11.6 Å². The molecule has 2 aromatic rings. The Bertz CT molecular complexity index is 579. The van der Waals surface area contributed by atoms with Gasteiger partial charge in [0, 0.05) is 6.04 Å². The lowest BCUT2D eigenvalue weighted by Crippen LogP contribution is -2.18. The summed E-state index contributed by atoms with van der Waals surface area (Å²) in [6.45, 7) is 1.88. The summed E-state index contributed by atoms with van der Waals surface area (Å²) in [5.41, 5.74) is 6.29. The average molecular weight is 315 g/mol. The number of rotatable bonds is 5. The number of ether oxygens (including phenoxy) is 1. The van der Waals surface area contributed by atoms with Gasteiger partial charge in [0.2, 0.25) is 0 Å². The summed E-state index contributed by atoms with van der Waals surface area (Å²) in [5, 5.41) is 3.70. The van der Waals surface area contributed by atoms with Gasteiger partial charge in [0.25, 0.3) is 0 Å². The number of alkyl halides is 3. The number of hydrogen-bond acceptors (Lipinski definition) is 3. The minimum Gasteiger partial charge on any atom is -0.488 e. The highest BCUT2D eigenvalue weighted by molar-refractivity contribution is 7.07. The first-order valence-electron chi connectivity index (χ1n) is 6.46. The van der Waals surface area contributed by atoms with E-state index in [9.17, 15) is 13.2 Å². The summed E-state index contributed by atoms with van der Waals surface area (Å²) in [7, 11) is 0. The van der Waals surface area contributed by atoms with Gasteiger partial charge >= 0.3 is 6.18 Å². The van der Waals surface area contributed by atoms with Crippen LogP contribution in [0.2, 0.25) is 0 Å². The molecule has 1 atom stereocenters. The number of benzene rings is 1. The maximum atomic E-state index is 13.1. The Morgan fingerprint density at radius 2 is 2.00 bits per heavy atom. The topological polar surface area (TPSA) is 35.2 Å². The predicted molar refractivity (Wildman–Crippen MR) is 77.4 cm³/mol. The van der Waals surface area contributed by atoms with E-state index < -0.39 is 11.7 Å². The molecule has 1 heterocycles. The second-order valence-electron chi connectivity index (χ2n) is 4.93. The van der Waals surface area contributed by atoms with Crippen LogP contribution in [-0.2, 0) is 19.2 Å². The third-order valence-corrected chi connectivity index (χ3v) is 3.61. The van der Waals surface area contributed by atoms with Crippen LogP contribution in [0.3, 0.4) is 0 Å². The summed E-state index contributed by atoms with van der Waals surface area (Å²) < 4.78 is 44.7. The Kier molecular flexibility index (Phi) is 4.90.